The third-order valence-electron chi connectivity index (χ3n) is 3.59. The van der Waals surface area contributed by atoms with E-state index >= 15 is 0 Å². The highest BCUT2D eigenvalue weighted by molar-refractivity contribution is 7.16. The van der Waals surface area contributed by atoms with Crippen molar-refractivity contribution < 1.29 is 9.53 Å². The van der Waals surface area contributed by atoms with Crippen molar-refractivity contribution in [2.45, 2.75) is 27.2 Å². The molecule has 0 amide bonds. The van der Waals surface area contributed by atoms with Gasteiger partial charge in [0.2, 0.25) is 4.96 Å². The van der Waals surface area contributed by atoms with Crippen LogP contribution in [0.4, 0.5) is 0 Å². The van der Waals surface area contributed by atoms with E-state index in [0.717, 1.165) is 39.6 Å². The Bertz CT molecular complexity index is 907. The average molecular weight is 355 g/mol. The van der Waals surface area contributed by atoms with Crippen LogP contribution in [0.2, 0.25) is 0 Å². The van der Waals surface area contributed by atoms with Crippen molar-refractivity contribution in [1.29, 1.82) is 0 Å². The SMILES string of the molecule is C=C(C)COc1ccc(-c2nc3sc(CC(C)C)nn3c2C=O)cc1. The molecule has 0 unspecified atom stereocenters. The zero-order valence-corrected chi connectivity index (χ0v) is 15.5. The zero-order chi connectivity index (χ0) is 18.0. The Morgan fingerprint density at radius 2 is 2.08 bits per heavy atom. The number of aromatic nitrogens is 3. The fraction of sp³-hybridized carbons (Fsp3) is 0.316. The average Bonchev–Trinajstić information content (AvgIpc) is 3.09. The molecule has 0 saturated heterocycles. The lowest BCUT2D eigenvalue weighted by molar-refractivity contribution is 0.111. The quantitative estimate of drug-likeness (QED) is 0.465. The van der Waals surface area contributed by atoms with E-state index in [1.165, 1.54) is 11.3 Å². The number of rotatable bonds is 7. The molecule has 0 spiro atoms. The molecule has 0 N–H and O–H groups in total. The maximum atomic E-state index is 11.6. The summed E-state index contributed by atoms with van der Waals surface area (Å²) in [7, 11) is 0. The van der Waals surface area contributed by atoms with Crippen LogP contribution in [-0.4, -0.2) is 27.5 Å². The number of hydrogen-bond acceptors (Lipinski definition) is 5. The van der Waals surface area contributed by atoms with E-state index in [0.29, 0.717) is 23.9 Å². The van der Waals surface area contributed by atoms with Gasteiger partial charge < -0.3 is 4.74 Å². The summed E-state index contributed by atoms with van der Waals surface area (Å²) in [6.45, 7) is 10.5. The Balaban J connectivity index is 1.91. The summed E-state index contributed by atoms with van der Waals surface area (Å²) in [4.78, 5) is 17.0. The van der Waals surface area contributed by atoms with Crippen LogP contribution < -0.4 is 4.74 Å². The summed E-state index contributed by atoms with van der Waals surface area (Å²) in [6.07, 6.45) is 1.70. The fourth-order valence-corrected chi connectivity index (χ4v) is 3.58. The van der Waals surface area contributed by atoms with Crippen molar-refractivity contribution in [3.8, 4) is 17.0 Å². The summed E-state index contributed by atoms with van der Waals surface area (Å²) in [5.41, 5.74) is 2.96. The summed E-state index contributed by atoms with van der Waals surface area (Å²) in [5.74, 6) is 1.28. The van der Waals surface area contributed by atoms with Gasteiger partial charge in [-0.25, -0.2) is 4.98 Å². The number of nitrogens with zero attached hydrogens (tertiary/aromatic N) is 3. The van der Waals surface area contributed by atoms with Crippen molar-refractivity contribution in [2.75, 3.05) is 6.61 Å². The van der Waals surface area contributed by atoms with E-state index in [-0.39, 0.29) is 0 Å². The first kappa shape index (κ1) is 17.4. The Labute approximate surface area is 151 Å². The maximum absolute atomic E-state index is 11.6. The molecule has 0 atom stereocenters. The molecule has 0 fully saturated rings. The largest absolute Gasteiger partial charge is 0.489 e. The van der Waals surface area contributed by atoms with Crippen LogP contribution in [0.5, 0.6) is 5.75 Å². The Morgan fingerprint density at radius 1 is 1.36 bits per heavy atom. The normalized spacial score (nSPS) is 11.2. The van der Waals surface area contributed by atoms with Gasteiger partial charge in [0.15, 0.2) is 6.29 Å². The highest BCUT2D eigenvalue weighted by atomic mass is 32.1. The Kier molecular flexibility index (Phi) is 4.99. The molecule has 130 valence electrons. The number of hydrogen-bond donors (Lipinski definition) is 0. The summed E-state index contributed by atoms with van der Waals surface area (Å²) in [5, 5.41) is 5.54. The van der Waals surface area contributed by atoms with E-state index in [1.807, 2.05) is 31.2 Å². The second-order valence-electron chi connectivity index (χ2n) is 6.52. The second kappa shape index (κ2) is 7.19. The van der Waals surface area contributed by atoms with E-state index in [1.54, 1.807) is 4.52 Å². The number of carbonyl (C=O) groups excluding carboxylic acids is 1. The first-order chi connectivity index (χ1) is 12.0. The van der Waals surface area contributed by atoms with Crippen LogP contribution in [-0.2, 0) is 6.42 Å². The Morgan fingerprint density at radius 3 is 2.68 bits per heavy atom. The monoisotopic (exact) mass is 355 g/mol. The molecular formula is C19H21N3O2S. The van der Waals surface area contributed by atoms with Crippen LogP contribution in [0.3, 0.4) is 0 Å². The molecule has 6 heteroatoms. The van der Waals surface area contributed by atoms with E-state index in [2.05, 4.69) is 30.5 Å². The van der Waals surface area contributed by atoms with E-state index < -0.39 is 0 Å². The van der Waals surface area contributed by atoms with Crippen molar-refractivity contribution in [3.63, 3.8) is 0 Å². The summed E-state index contributed by atoms with van der Waals surface area (Å²) < 4.78 is 7.26. The number of aldehydes is 1. The minimum absolute atomic E-state index is 0.483. The molecule has 0 radical (unpaired) electrons. The van der Waals surface area contributed by atoms with Crippen LogP contribution in [0.1, 0.15) is 36.3 Å². The third kappa shape index (κ3) is 3.79. The number of fused-ring (bicyclic) bond motifs is 1. The van der Waals surface area contributed by atoms with Crippen LogP contribution in [0.15, 0.2) is 36.4 Å². The first-order valence-electron chi connectivity index (χ1n) is 8.19. The lowest BCUT2D eigenvalue weighted by Crippen LogP contribution is -1.98. The number of imidazole rings is 1. The van der Waals surface area contributed by atoms with Crippen molar-refractivity contribution in [1.82, 2.24) is 14.6 Å². The number of ether oxygens (including phenoxy) is 1. The molecule has 3 aromatic rings. The van der Waals surface area contributed by atoms with Gasteiger partial charge in [-0.15, -0.1) is 0 Å². The minimum Gasteiger partial charge on any atom is -0.489 e. The molecule has 0 aliphatic carbocycles. The van der Waals surface area contributed by atoms with Gasteiger partial charge in [-0.05, 0) is 42.7 Å². The van der Waals surface area contributed by atoms with Gasteiger partial charge in [0.05, 0.1) is 0 Å². The molecule has 0 bridgehead atoms. The fourth-order valence-electron chi connectivity index (χ4n) is 2.47. The smallest absolute Gasteiger partial charge is 0.213 e. The zero-order valence-electron chi connectivity index (χ0n) is 14.7. The predicted octanol–water partition coefficient (Wildman–Crippen LogP) is 4.42. The van der Waals surface area contributed by atoms with E-state index in [9.17, 15) is 4.79 Å². The Hall–Kier alpha value is -2.47. The molecular weight excluding hydrogens is 334 g/mol. The maximum Gasteiger partial charge on any atom is 0.213 e. The molecule has 2 heterocycles. The van der Waals surface area contributed by atoms with Gasteiger partial charge in [-0.3, -0.25) is 4.79 Å². The summed E-state index contributed by atoms with van der Waals surface area (Å²) in [6, 6.07) is 7.56. The molecule has 0 aliphatic heterocycles. The molecule has 1 aromatic carbocycles. The molecule has 0 aliphatic rings. The number of benzene rings is 1. The van der Waals surface area contributed by atoms with Gasteiger partial charge in [0.1, 0.15) is 28.8 Å². The summed E-state index contributed by atoms with van der Waals surface area (Å²) >= 11 is 1.53. The lowest BCUT2D eigenvalue weighted by Gasteiger charge is -2.06. The van der Waals surface area contributed by atoms with Crippen LogP contribution >= 0.6 is 11.3 Å². The first-order valence-corrected chi connectivity index (χ1v) is 9.00. The predicted molar refractivity (Wildman–Crippen MR) is 101 cm³/mol. The van der Waals surface area contributed by atoms with Crippen molar-refractivity contribution >= 4 is 22.6 Å². The third-order valence-corrected chi connectivity index (χ3v) is 4.52. The second-order valence-corrected chi connectivity index (χ2v) is 7.56. The highest BCUT2D eigenvalue weighted by Crippen LogP contribution is 2.28. The van der Waals surface area contributed by atoms with Gasteiger partial charge in [-0.2, -0.15) is 9.61 Å². The van der Waals surface area contributed by atoms with Crippen LogP contribution in [0, 0.1) is 5.92 Å². The molecule has 5 nitrogen and oxygen atoms in total. The number of carbonyl (C=O) groups is 1. The van der Waals surface area contributed by atoms with Crippen LogP contribution in [0.25, 0.3) is 16.2 Å². The van der Waals surface area contributed by atoms with Gasteiger partial charge in [-0.1, -0.05) is 31.8 Å². The molecule has 0 saturated carbocycles. The standard InChI is InChI=1S/C19H21N3O2S/c1-12(2)9-17-21-22-16(10-23)18(20-19(22)25-17)14-5-7-15(8-6-14)24-11-13(3)4/h5-8,10,12H,3,9,11H2,1-2,4H3. The highest BCUT2D eigenvalue weighted by Gasteiger charge is 2.18. The van der Waals surface area contributed by atoms with Gasteiger partial charge in [0, 0.05) is 12.0 Å². The lowest BCUT2D eigenvalue weighted by atomic mass is 10.1. The van der Waals surface area contributed by atoms with Crippen molar-refractivity contribution in [2.24, 2.45) is 5.92 Å². The minimum atomic E-state index is 0.483. The van der Waals surface area contributed by atoms with E-state index in [4.69, 9.17) is 4.74 Å². The molecule has 3 rings (SSSR count). The van der Waals surface area contributed by atoms with Gasteiger partial charge >= 0.3 is 0 Å². The van der Waals surface area contributed by atoms with Gasteiger partial charge in [0.25, 0.3) is 0 Å². The topological polar surface area (TPSA) is 56.5 Å². The molecule has 2 aromatic heterocycles. The molecule has 25 heavy (non-hydrogen) atoms. The van der Waals surface area contributed by atoms with Crippen molar-refractivity contribution in [3.05, 3.63) is 47.1 Å².